The minimum absolute atomic E-state index is 0.0202. The van der Waals surface area contributed by atoms with Crippen LogP contribution in [0, 0.1) is 0 Å². The Kier molecular flexibility index (Phi) is 4.00. The van der Waals surface area contributed by atoms with Crippen molar-refractivity contribution in [3.05, 3.63) is 35.7 Å². The van der Waals surface area contributed by atoms with Gasteiger partial charge >= 0.3 is 0 Å². The van der Waals surface area contributed by atoms with E-state index in [2.05, 4.69) is 4.98 Å². The Morgan fingerprint density at radius 3 is 2.73 bits per heavy atom. The summed E-state index contributed by atoms with van der Waals surface area (Å²) in [5, 5.41) is 8.80. The molecule has 0 fully saturated rings. The van der Waals surface area contributed by atoms with Gasteiger partial charge in [-0.25, -0.2) is 0 Å². The standard InChI is InChI=1S/C11H14N2O2/c1-13(2)11(15)6-5-10-4-3-9(8-14)7-12-10/h3-7,14H,8H2,1-2H3. The number of nitrogens with zero attached hydrogens (tertiary/aromatic N) is 2. The van der Waals surface area contributed by atoms with Crippen molar-refractivity contribution in [3.63, 3.8) is 0 Å². The van der Waals surface area contributed by atoms with Gasteiger partial charge in [0.15, 0.2) is 0 Å². The molecule has 1 aromatic heterocycles. The van der Waals surface area contributed by atoms with E-state index >= 15 is 0 Å². The van der Waals surface area contributed by atoms with E-state index in [4.69, 9.17) is 5.11 Å². The molecule has 0 aliphatic carbocycles. The maximum atomic E-state index is 11.2. The van der Waals surface area contributed by atoms with Crippen molar-refractivity contribution in [1.82, 2.24) is 9.88 Å². The van der Waals surface area contributed by atoms with Gasteiger partial charge in [-0.2, -0.15) is 0 Å². The zero-order valence-corrected chi connectivity index (χ0v) is 8.84. The summed E-state index contributed by atoms with van der Waals surface area (Å²) in [5.41, 5.74) is 1.45. The molecule has 0 aliphatic heterocycles. The maximum Gasteiger partial charge on any atom is 0.246 e. The lowest BCUT2D eigenvalue weighted by molar-refractivity contribution is -0.123. The number of amides is 1. The number of pyridine rings is 1. The van der Waals surface area contributed by atoms with Crippen LogP contribution in [0.2, 0.25) is 0 Å². The van der Waals surface area contributed by atoms with Gasteiger partial charge in [0.2, 0.25) is 5.91 Å². The molecule has 4 nitrogen and oxygen atoms in total. The van der Waals surface area contributed by atoms with Gasteiger partial charge in [-0.1, -0.05) is 6.07 Å². The molecule has 1 heterocycles. The Balaban J connectivity index is 2.69. The molecule has 1 amide bonds. The molecule has 0 atom stereocenters. The van der Waals surface area contributed by atoms with Crippen LogP contribution >= 0.6 is 0 Å². The summed E-state index contributed by atoms with van der Waals surface area (Å²) in [6, 6.07) is 3.53. The highest BCUT2D eigenvalue weighted by molar-refractivity contribution is 5.91. The SMILES string of the molecule is CN(C)C(=O)C=Cc1ccc(CO)cn1. The number of carbonyl (C=O) groups is 1. The Hall–Kier alpha value is -1.68. The summed E-state index contributed by atoms with van der Waals surface area (Å²) >= 11 is 0. The summed E-state index contributed by atoms with van der Waals surface area (Å²) in [6.07, 6.45) is 4.68. The lowest BCUT2D eigenvalue weighted by atomic mass is 10.2. The van der Waals surface area contributed by atoms with Crippen molar-refractivity contribution in [3.8, 4) is 0 Å². The molecule has 0 spiro atoms. The van der Waals surface area contributed by atoms with Crippen LogP contribution in [0.3, 0.4) is 0 Å². The van der Waals surface area contributed by atoms with Crippen LogP contribution < -0.4 is 0 Å². The molecule has 4 heteroatoms. The normalized spacial score (nSPS) is 10.6. The van der Waals surface area contributed by atoms with E-state index in [9.17, 15) is 4.79 Å². The van der Waals surface area contributed by atoms with E-state index < -0.39 is 0 Å². The van der Waals surface area contributed by atoms with Crippen molar-refractivity contribution < 1.29 is 9.90 Å². The molecule has 0 bridgehead atoms. The molecule has 0 saturated heterocycles. The fourth-order valence-electron chi connectivity index (χ4n) is 0.934. The lowest BCUT2D eigenvalue weighted by Gasteiger charge is -2.04. The summed E-state index contributed by atoms with van der Waals surface area (Å²) < 4.78 is 0. The molecule has 1 N–H and O–H groups in total. The van der Waals surface area contributed by atoms with Gasteiger partial charge in [-0.15, -0.1) is 0 Å². The van der Waals surface area contributed by atoms with Crippen molar-refractivity contribution in [1.29, 1.82) is 0 Å². The number of hydrogen-bond donors (Lipinski definition) is 1. The third-order valence-corrected chi connectivity index (χ3v) is 1.87. The first kappa shape index (κ1) is 11.4. The Morgan fingerprint density at radius 2 is 2.27 bits per heavy atom. The van der Waals surface area contributed by atoms with E-state index in [0.29, 0.717) is 5.69 Å². The average molecular weight is 206 g/mol. The fourth-order valence-corrected chi connectivity index (χ4v) is 0.934. The van der Waals surface area contributed by atoms with E-state index in [-0.39, 0.29) is 12.5 Å². The van der Waals surface area contributed by atoms with Gasteiger partial charge in [-0.3, -0.25) is 9.78 Å². The van der Waals surface area contributed by atoms with E-state index in [1.165, 1.54) is 11.0 Å². The molecular formula is C11H14N2O2. The van der Waals surface area contributed by atoms with Gasteiger partial charge in [-0.05, 0) is 17.7 Å². The number of aliphatic hydroxyl groups excluding tert-OH is 1. The molecule has 15 heavy (non-hydrogen) atoms. The van der Waals surface area contributed by atoms with Crippen molar-refractivity contribution >= 4 is 12.0 Å². The first-order valence-electron chi connectivity index (χ1n) is 4.58. The number of aromatic nitrogens is 1. The highest BCUT2D eigenvalue weighted by Crippen LogP contribution is 2.02. The zero-order chi connectivity index (χ0) is 11.3. The summed E-state index contributed by atoms with van der Waals surface area (Å²) in [4.78, 5) is 16.8. The first-order chi connectivity index (χ1) is 7.13. The lowest BCUT2D eigenvalue weighted by Crippen LogP contribution is -2.18. The Labute approximate surface area is 88.9 Å². The predicted octanol–water partition coefficient (Wildman–Crippen LogP) is 0.675. The second kappa shape index (κ2) is 5.26. The van der Waals surface area contributed by atoms with Gasteiger partial charge < -0.3 is 10.0 Å². The first-order valence-corrected chi connectivity index (χ1v) is 4.58. The monoisotopic (exact) mass is 206 g/mol. The number of aliphatic hydroxyl groups is 1. The summed E-state index contributed by atoms with van der Waals surface area (Å²) in [5.74, 6) is -0.0805. The van der Waals surface area contributed by atoms with Crippen LogP contribution in [-0.2, 0) is 11.4 Å². The zero-order valence-electron chi connectivity index (χ0n) is 8.84. The van der Waals surface area contributed by atoms with Crippen LogP contribution in [0.1, 0.15) is 11.3 Å². The topological polar surface area (TPSA) is 53.4 Å². The number of rotatable bonds is 3. The minimum atomic E-state index is -0.0805. The van der Waals surface area contributed by atoms with Crippen molar-refractivity contribution in [2.45, 2.75) is 6.61 Å². The van der Waals surface area contributed by atoms with Crippen LogP contribution in [0.15, 0.2) is 24.4 Å². The van der Waals surface area contributed by atoms with Gasteiger partial charge in [0.1, 0.15) is 0 Å². The highest BCUT2D eigenvalue weighted by Gasteiger charge is 1.97. The second-order valence-corrected chi connectivity index (χ2v) is 3.32. The molecular weight excluding hydrogens is 192 g/mol. The number of likely N-dealkylation sites (N-methyl/N-ethyl adjacent to an activating group) is 1. The summed E-state index contributed by atoms with van der Waals surface area (Å²) in [7, 11) is 3.38. The fraction of sp³-hybridized carbons (Fsp3) is 0.273. The van der Waals surface area contributed by atoms with Crippen molar-refractivity contribution in [2.24, 2.45) is 0 Å². The van der Waals surface area contributed by atoms with E-state index in [1.54, 1.807) is 38.5 Å². The molecule has 0 unspecified atom stereocenters. The predicted molar refractivity (Wildman–Crippen MR) is 57.9 cm³/mol. The van der Waals surface area contributed by atoms with Gasteiger partial charge in [0.25, 0.3) is 0 Å². The van der Waals surface area contributed by atoms with Crippen LogP contribution in [0.5, 0.6) is 0 Å². The summed E-state index contributed by atoms with van der Waals surface area (Å²) in [6.45, 7) is -0.0202. The van der Waals surface area contributed by atoms with Gasteiger partial charge in [0.05, 0.1) is 12.3 Å². The van der Waals surface area contributed by atoms with Crippen LogP contribution in [0.4, 0.5) is 0 Å². The third kappa shape index (κ3) is 3.52. The van der Waals surface area contributed by atoms with E-state index in [0.717, 1.165) is 5.56 Å². The maximum absolute atomic E-state index is 11.2. The highest BCUT2D eigenvalue weighted by atomic mass is 16.3. The second-order valence-electron chi connectivity index (χ2n) is 3.32. The molecule has 1 rings (SSSR count). The van der Waals surface area contributed by atoms with E-state index in [1.807, 2.05) is 0 Å². The molecule has 0 aliphatic rings. The average Bonchev–Trinajstić information content (AvgIpc) is 2.26. The molecule has 1 aromatic rings. The molecule has 80 valence electrons. The number of hydrogen-bond acceptors (Lipinski definition) is 3. The number of carbonyl (C=O) groups excluding carboxylic acids is 1. The molecule has 0 radical (unpaired) electrons. The molecule has 0 saturated carbocycles. The van der Waals surface area contributed by atoms with Gasteiger partial charge in [0, 0.05) is 26.4 Å². The third-order valence-electron chi connectivity index (χ3n) is 1.87. The largest absolute Gasteiger partial charge is 0.392 e. The smallest absolute Gasteiger partial charge is 0.246 e. The Bertz CT molecular complexity index is 355. The molecule has 0 aromatic carbocycles. The van der Waals surface area contributed by atoms with Crippen LogP contribution in [-0.4, -0.2) is 35.0 Å². The van der Waals surface area contributed by atoms with Crippen molar-refractivity contribution in [2.75, 3.05) is 14.1 Å². The quantitative estimate of drug-likeness (QED) is 0.740. The Morgan fingerprint density at radius 1 is 1.53 bits per heavy atom. The minimum Gasteiger partial charge on any atom is -0.392 e. The van der Waals surface area contributed by atoms with Crippen LogP contribution in [0.25, 0.3) is 6.08 Å².